The molecule has 29 heavy (non-hydrogen) atoms. The van der Waals surface area contributed by atoms with E-state index in [1.54, 1.807) is 19.2 Å². The monoisotopic (exact) mass is 431 g/mol. The Hall–Kier alpha value is -2.76. The quantitative estimate of drug-likeness (QED) is 0.502. The summed E-state index contributed by atoms with van der Waals surface area (Å²) in [6, 6.07) is 17.0. The molecule has 0 saturated heterocycles. The lowest BCUT2D eigenvalue weighted by Gasteiger charge is -2.16. The molecule has 0 amide bonds. The number of ether oxygens (including phenoxy) is 4. The van der Waals surface area contributed by atoms with Crippen molar-refractivity contribution in [3.8, 4) is 23.0 Å². The van der Waals surface area contributed by atoms with E-state index in [2.05, 4.69) is 5.32 Å². The zero-order valence-corrected chi connectivity index (χ0v) is 17.2. The fourth-order valence-electron chi connectivity index (χ4n) is 3.01. The predicted molar refractivity (Wildman–Crippen MR) is 114 cm³/mol. The van der Waals surface area contributed by atoms with Crippen molar-refractivity contribution in [2.75, 3.05) is 19.2 Å². The van der Waals surface area contributed by atoms with Crippen molar-refractivity contribution in [2.24, 2.45) is 0 Å². The van der Waals surface area contributed by atoms with Gasteiger partial charge in [0.2, 0.25) is 6.79 Å². The van der Waals surface area contributed by atoms with E-state index in [4.69, 9.17) is 42.1 Å². The van der Waals surface area contributed by atoms with Gasteiger partial charge in [-0.15, -0.1) is 0 Å². The number of benzene rings is 3. The van der Waals surface area contributed by atoms with Crippen LogP contribution in [0.1, 0.15) is 11.1 Å². The zero-order valence-electron chi connectivity index (χ0n) is 15.7. The fraction of sp³-hybridized carbons (Fsp3) is 0.182. The van der Waals surface area contributed by atoms with Crippen molar-refractivity contribution >= 4 is 28.9 Å². The number of rotatable bonds is 7. The van der Waals surface area contributed by atoms with Gasteiger partial charge in [0.25, 0.3) is 0 Å². The van der Waals surface area contributed by atoms with Gasteiger partial charge in [0.1, 0.15) is 6.61 Å². The maximum atomic E-state index is 6.10. The molecule has 1 aliphatic rings. The van der Waals surface area contributed by atoms with E-state index in [1.807, 2.05) is 42.5 Å². The van der Waals surface area contributed by atoms with Gasteiger partial charge in [-0.05, 0) is 35.9 Å². The molecule has 5 nitrogen and oxygen atoms in total. The molecule has 1 aliphatic heterocycles. The molecule has 0 radical (unpaired) electrons. The number of hydrogen-bond acceptors (Lipinski definition) is 5. The summed E-state index contributed by atoms with van der Waals surface area (Å²) in [5.74, 6) is 2.82. The molecule has 0 aromatic heterocycles. The molecular formula is C22H19Cl2NO4. The first kappa shape index (κ1) is 19.6. The minimum Gasteiger partial charge on any atom is -0.493 e. The number of halogens is 2. The third kappa shape index (κ3) is 4.47. The molecule has 0 atom stereocenters. The second kappa shape index (κ2) is 8.72. The molecule has 4 rings (SSSR count). The van der Waals surface area contributed by atoms with Gasteiger partial charge < -0.3 is 24.3 Å². The van der Waals surface area contributed by atoms with Crippen molar-refractivity contribution in [2.45, 2.75) is 13.2 Å². The second-order valence-electron chi connectivity index (χ2n) is 6.41. The van der Waals surface area contributed by atoms with Crippen molar-refractivity contribution in [1.82, 2.24) is 0 Å². The first-order chi connectivity index (χ1) is 14.1. The molecule has 0 fully saturated rings. The number of anilines is 1. The Kier molecular flexibility index (Phi) is 5.88. The number of hydrogen-bond donors (Lipinski definition) is 1. The van der Waals surface area contributed by atoms with E-state index in [9.17, 15) is 0 Å². The summed E-state index contributed by atoms with van der Waals surface area (Å²) in [5.41, 5.74) is 2.80. The summed E-state index contributed by atoms with van der Waals surface area (Å²) in [6.45, 7) is 1.14. The Labute approximate surface area is 179 Å². The molecule has 0 bridgehead atoms. The minimum absolute atomic E-state index is 0.251. The summed E-state index contributed by atoms with van der Waals surface area (Å²) in [5, 5.41) is 4.40. The second-order valence-corrected chi connectivity index (χ2v) is 7.22. The van der Waals surface area contributed by atoms with Crippen LogP contribution in [0.15, 0.2) is 54.6 Å². The standard InChI is InChI=1S/C22H19Cl2NO4/c1-26-20-4-2-3-15(11-25-16-6-8-19-21(10-16)29-13-28-19)22(20)27-12-14-5-7-17(23)18(24)9-14/h2-10,25H,11-13H2,1H3. The van der Waals surface area contributed by atoms with Crippen LogP contribution in [-0.4, -0.2) is 13.9 Å². The van der Waals surface area contributed by atoms with Crippen LogP contribution in [0.4, 0.5) is 5.69 Å². The zero-order chi connectivity index (χ0) is 20.2. The third-order valence-corrected chi connectivity index (χ3v) is 5.24. The first-order valence-corrected chi connectivity index (χ1v) is 9.76. The van der Waals surface area contributed by atoms with E-state index in [-0.39, 0.29) is 6.79 Å². The van der Waals surface area contributed by atoms with E-state index >= 15 is 0 Å². The van der Waals surface area contributed by atoms with E-state index in [0.717, 1.165) is 28.3 Å². The molecule has 0 spiro atoms. The largest absolute Gasteiger partial charge is 0.493 e. The SMILES string of the molecule is COc1cccc(CNc2ccc3c(c2)OCO3)c1OCc1ccc(Cl)c(Cl)c1. The fourth-order valence-corrected chi connectivity index (χ4v) is 3.33. The Balaban J connectivity index is 1.50. The number of methoxy groups -OCH3 is 1. The molecule has 3 aromatic carbocycles. The highest BCUT2D eigenvalue weighted by Gasteiger charge is 2.15. The summed E-state index contributed by atoms with van der Waals surface area (Å²) < 4.78 is 22.4. The van der Waals surface area contributed by atoms with Crippen LogP contribution in [0.5, 0.6) is 23.0 Å². The van der Waals surface area contributed by atoms with Gasteiger partial charge in [-0.2, -0.15) is 0 Å². The maximum absolute atomic E-state index is 6.10. The van der Waals surface area contributed by atoms with Crippen molar-refractivity contribution in [3.05, 3.63) is 75.8 Å². The predicted octanol–water partition coefficient (Wildman–Crippen LogP) is 5.92. The summed E-state index contributed by atoms with van der Waals surface area (Å²) >= 11 is 12.1. The van der Waals surface area contributed by atoms with E-state index < -0.39 is 0 Å². The average Bonchev–Trinajstić information content (AvgIpc) is 3.21. The van der Waals surface area contributed by atoms with Crippen LogP contribution >= 0.6 is 23.2 Å². The molecule has 0 saturated carbocycles. The number of fused-ring (bicyclic) bond motifs is 1. The highest BCUT2D eigenvalue weighted by Crippen LogP contribution is 2.36. The lowest BCUT2D eigenvalue weighted by Crippen LogP contribution is -2.05. The van der Waals surface area contributed by atoms with Gasteiger partial charge in [-0.25, -0.2) is 0 Å². The van der Waals surface area contributed by atoms with Crippen LogP contribution in [-0.2, 0) is 13.2 Å². The molecule has 150 valence electrons. The van der Waals surface area contributed by atoms with Crippen molar-refractivity contribution in [1.29, 1.82) is 0 Å². The van der Waals surface area contributed by atoms with Gasteiger partial charge in [0.05, 0.1) is 17.2 Å². The molecule has 1 N–H and O–H groups in total. The van der Waals surface area contributed by atoms with E-state index in [0.29, 0.717) is 34.7 Å². The summed E-state index contributed by atoms with van der Waals surface area (Å²) in [7, 11) is 1.62. The maximum Gasteiger partial charge on any atom is 0.231 e. The lowest BCUT2D eigenvalue weighted by atomic mass is 10.1. The Morgan fingerprint density at radius 1 is 0.966 bits per heavy atom. The number of para-hydroxylation sites is 1. The van der Waals surface area contributed by atoms with Crippen LogP contribution in [0.3, 0.4) is 0 Å². The topological polar surface area (TPSA) is 49.0 Å². The van der Waals surface area contributed by atoms with Gasteiger partial charge in [-0.1, -0.05) is 41.4 Å². The molecule has 3 aromatic rings. The Morgan fingerprint density at radius 2 is 1.83 bits per heavy atom. The van der Waals surface area contributed by atoms with Gasteiger partial charge in [-0.3, -0.25) is 0 Å². The highest BCUT2D eigenvalue weighted by atomic mass is 35.5. The smallest absolute Gasteiger partial charge is 0.231 e. The minimum atomic E-state index is 0.251. The molecule has 7 heteroatoms. The molecular weight excluding hydrogens is 413 g/mol. The average molecular weight is 432 g/mol. The summed E-state index contributed by atoms with van der Waals surface area (Å²) in [6.07, 6.45) is 0. The van der Waals surface area contributed by atoms with Gasteiger partial charge >= 0.3 is 0 Å². The normalized spacial score (nSPS) is 12.0. The molecule has 0 aliphatic carbocycles. The van der Waals surface area contributed by atoms with E-state index in [1.165, 1.54) is 0 Å². The number of nitrogens with one attached hydrogen (secondary N) is 1. The van der Waals surface area contributed by atoms with Crippen LogP contribution in [0.2, 0.25) is 10.0 Å². The molecule has 0 unspecified atom stereocenters. The van der Waals surface area contributed by atoms with Crippen molar-refractivity contribution in [3.63, 3.8) is 0 Å². The van der Waals surface area contributed by atoms with Crippen molar-refractivity contribution < 1.29 is 18.9 Å². The highest BCUT2D eigenvalue weighted by molar-refractivity contribution is 6.42. The molecule has 1 heterocycles. The van der Waals surface area contributed by atoms with Gasteiger partial charge in [0.15, 0.2) is 23.0 Å². The Bertz CT molecular complexity index is 1030. The summed E-state index contributed by atoms with van der Waals surface area (Å²) in [4.78, 5) is 0. The van der Waals surface area contributed by atoms with Crippen LogP contribution in [0, 0.1) is 0 Å². The van der Waals surface area contributed by atoms with Crippen LogP contribution < -0.4 is 24.3 Å². The lowest BCUT2D eigenvalue weighted by molar-refractivity contribution is 0.174. The van der Waals surface area contributed by atoms with Crippen LogP contribution in [0.25, 0.3) is 0 Å². The van der Waals surface area contributed by atoms with Gasteiger partial charge in [0, 0.05) is 23.9 Å². The Morgan fingerprint density at radius 3 is 2.66 bits per heavy atom. The first-order valence-electron chi connectivity index (χ1n) is 9.00. The third-order valence-electron chi connectivity index (χ3n) is 4.50.